The van der Waals surface area contributed by atoms with Crippen molar-refractivity contribution in [1.29, 1.82) is 0 Å². The first-order chi connectivity index (χ1) is 12.3. The third-order valence-corrected chi connectivity index (χ3v) is 4.74. The van der Waals surface area contributed by atoms with E-state index in [2.05, 4.69) is 4.99 Å². The van der Waals surface area contributed by atoms with Crippen LogP contribution >= 0.6 is 11.8 Å². The van der Waals surface area contributed by atoms with Crippen molar-refractivity contribution in [2.45, 2.75) is 39.8 Å². The molecule has 0 aromatic heterocycles. The zero-order valence-electron chi connectivity index (χ0n) is 16.3. The summed E-state index contributed by atoms with van der Waals surface area (Å²) in [7, 11) is 4.69. The Morgan fingerprint density at radius 1 is 1.04 bits per heavy atom. The summed E-state index contributed by atoms with van der Waals surface area (Å²) < 4.78 is 16.2. The zero-order valence-corrected chi connectivity index (χ0v) is 17.1. The van der Waals surface area contributed by atoms with E-state index in [-0.39, 0.29) is 18.0 Å². The molecule has 0 radical (unpaired) electrons. The van der Waals surface area contributed by atoms with E-state index in [1.807, 2.05) is 39.8 Å². The first kappa shape index (κ1) is 20.2. The quantitative estimate of drug-likeness (QED) is 0.705. The van der Waals surface area contributed by atoms with Crippen LogP contribution in [0.4, 0.5) is 0 Å². The van der Waals surface area contributed by atoms with Crippen LogP contribution in [0.1, 0.15) is 33.3 Å². The van der Waals surface area contributed by atoms with Gasteiger partial charge in [-0.2, -0.15) is 0 Å². The molecule has 0 atom stereocenters. The summed E-state index contributed by atoms with van der Waals surface area (Å²) in [5.74, 6) is 1.54. The fraction of sp³-hybridized carbons (Fsp3) is 0.474. The van der Waals surface area contributed by atoms with Crippen LogP contribution in [0.15, 0.2) is 22.0 Å². The van der Waals surface area contributed by atoms with Crippen LogP contribution in [-0.4, -0.2) is 49.4 Å². The second kappa shape index (κ2) is 8.49. The van der Waals surface area contributed by atoms with Gasteiger partial charge in [-0.05, 0) is 57.7 Å². The normalized spacial score (nSPS) is 17.7. The predicted octanol–water partition coefficient (Wildman–Crippen LogP) is 3.80. The molecule has 142 valence electrons. The number of methoxy groups -OCH3 is 3. The van der Waals surface area contributed by atoms with Gasteiger partial charge in [0.05, 0.1) is 26.2 Å². The fourth-order valence-electron chi connectivity index (χ4n) is 2.63. The van der Waals surface area contributed by atoms with E-state index < -0.39 is 0 Å². The number of thioether (sulfide) groups is 1. The minimum Gasteiger partial charge on any atom is -0.493 e. The summed E-state index contributed by atoms with van der Waals surface area (Å²) in [6, 6.07) is 3.78. The maximum Gasteiger partial charge on any atom is 0.266 e. The minimum atomic E-state index is -0.0544. The maximum atomic E-state index is 12.9. The number of benzene rings is 1. The van der Waals surface area contributed by atoms with E-state index in [4.69, 9.17) is 14.2 Å². The molecule has 6 nitrogen and oxygen atoms in total. The number of carbonyl (C=O) groups excluding carboxylic acids is 1. The summed E-state index contributed by atoms with van der Waals surface area (Å²) in [5, 5.41) is 0.727. The fourth-order valence-corrected chi connectivity index (χ4v) is 3.86. The molecule has 1 aromatic rings. The third kappa shape index (κ3) is 3.98. The van der Waals surface area contributed by atoms with Crippen LogP contribution in [0, 0.1) is 0 Å². The molecule has 1 saturated heterocycles. The van der Waals surface area contributed by atoms with Crippen molar-refractivity contribution < 1.29 is 19.0 Å². The number of hydrogen-bond acceptors (Lipinski definition) is 6. The standard InChI is InChI=1S/C19H26N2O4S/c1-11(2)20-19-21(12(3)4)18(22)15(26-19)10-13-8-9-14(23-5)17(25-7)16(13)24-6/h8-12H,1-7H3/b15-10+,20-19?. The van der Waals surface area contributed by atoms with Gasteiger partial charge in [0.2, 0.25) is 5.75 Å². The molecule has 0 bridgehead atoms. The van der Waals surface area contributed by atoms with Crippen LogP contribution in [0.5, 0.6) is 17.2 Å². The van der Waals surface area contributed by atoms with Gasteiger partial charge in [-0.15, -0.1) is 0 Å². The number of nitrogens with zero attached hydrogens (tertiary/aromatic N) is 2. The van der Waals surface area contributed by atoms with Crippen molar-refractivity contribution in [2.75, 3.05) is 21.3 Å². The number of amides is 1. The first-order valence-electron chi connectivity index (χ1n) is 8.43. The van der Waals surface area contributed by atoms with Crippen molar-refractivity contribution in [2.24, 2.45) is 4.99 Å². The molecule has 0 aliphatic carbocycles. The lowest BCUT2D eigenvalue weighted by Gasteiger charge is -2.20. The molecule has 0 saturated carbocycles. The summed E-state index contributed by atoms with van der Waals surface area (Å²) in [5.41, 5.74) is 0.746. The predicted molar refractivity (Wildman–Crippen MR) is 106 cm³/mol. The number of aliphatic imine (C=N–C) groups is 1. The lowest BCUT2D eigenvalue weighted by molar-refractivity contribution is -0.123. The second-order valence-electron chi connectivity index (χ2n) is 6.31. The number of amidine groups is 1. The Bertz CT molecular complexity index is 741. The molecule has 1 aliphatic heterocycles. The van der Waals surface area contributed by atoms with E-state index in [1.54, 1.807) is 32.3 Å². The minimum absolute atomic E-state index is 0.0331. The van der Waals surface area contributed by atoms with Gasteiger partial charge < -0.3 is 14.2 Å². The Balaban J connectivity index is 2.51. The zero-order chi connectivity index (χ0) is 19.4. The molecule has 1 aliphatic rings. The second-order valence-corrected chi connectivity index (χ2v) is 7.32. The average molecular weight is 378 g/mol. The highest BCUT2D eigenvalue weighted by molar-refractivity contribution is 8.18. The molecule has 26 heavy (non-hydrogen) atoms. The van der Waals surface area contributed by atoms with Gasteiger partial charge in [-0.3, -0.25) is 14.7 Å². The lowest BCUT2D eigenvalue weighted by Crippen LogP contribution is -2.35. The van der Waals surface area contributed by atoms with Gasteiger partial charge >= 0.3 is 0 Å². The lowest BCUT2D eigenvalue weighted by atomic mass is 10.1. The third-order valence-electron chi connectivity index (χ3n) is 3.74. The molecule has 0 N–H and O–H groups in total. The molecule has 2 rings (SSSR count). The van der Waals surface area contributed by atoms with Crippen LogP contribution in [0.2, 0.25) is 0 Å². The molecule has 7 heteroatoms. The van der Waals surface area contributed by atoms with Crippen molar-refractivity contribution in [1.82, 2.24) is 4.90 Å². The van der Waals surface area contributed by atoms with Gasteiger partial charge in [-0.25, -0.2) is 0 Å². The van der Waals surface area contributed by atoms with Crippen LogP contribution < -0.4 is 14.2 Å². The van der Waals surface area contributed by atoms with Gasteiger partial charge in [0.25, 0.3) is 5.91 Å². The van der Waals surface area contributed by atoms with Crippen LogP contribution in [-0.2, 0) is 4.79 Å². The molecule has 1 fully saturated rings. The van der Waals surface area contributed by atoms with E-state index >= 15 is 0 Å². The van der Waals surface area contributed by atoms with Crippen molar-refractivity contribution in [3.05, 3.63) is 22.6 Å². The van der Waals surface area contributed by atoms with Crippen molar-refractivity contribution in [3.8, 4) is 17.2 Å². The average Bonchev–Trinajstić information content (AvgIpc) is 2.88. The Morgan fingerprint density at radius 3 is 2.19 bits per heavy atom. The van der Waals surface area contributed by atoms with Crippen LogP contribution in [0.25, 0.3) is 6.08 Å². The Hall–Kier alpha value is -2.15. The summed E-state index contributed by atoms with van der Waals surface area (Å²) in [6.07, 6.45) is 1.81. The Labute approximate surface area is 159 Å². The number of ether oxygens (including phenoxy) is 3. The molecular weight excluding hydrogens is 352 g/mol. The molecule has 1 heterocycles. The first-order valence-corrected chi connectivity index (χ1v) is 9.25. The molecular formula is C19H26N2O4S. The van der Waals surface area contributed by atoms with Gasteiger partial charge in [-0.1, -0.05) is 0 Å². The van der Waals surface area contributed by atoms with Gasteiger partial charge in [0.15, 0.2) is 16.7 Å². The molecule has 0 spiro atoms. The molecule has 0 unspecified atom stereocenters. The number of carbonyl (C=O) groups is 1. The Kier molecular flexibility index (Phi) is 6.58. The van der Waals surface area contributed by atoms with Gasteiger partial charge in [0.1, 0.15) is 0 Å². The SMILES string of the molecule is COc1ccc(/C=C2/SC(=NC(C)C)N(C(C)C)C2=O)c(OC)c1OC. The molecule has 1 amide bonds. The highest BCUT2D eigenvalue weighted by atomic mass is 32.2. The monoisotopic (exact) mass is 378 g/mol. The Morgan fingerprint density at radius 2 is 1.69 bits per heavy atom. The largest absolute Gasteiger partial charge is 0.493 e. The smallest absolute Gasteiger partial charge is 0.266 e. The summed E-state index contributed by atoms with van der Waals surface area (Å²) >= 11 is 1.38. The summed E-state index contributed by atoms with van der Waals surface area (Å²) in [4.78, 5) is 19.8. The van der Waals surface area contributed by atoms with Crippen molar-refractivity contribution in [3.63, 3.8) is 0 Å². The number of hydrogen-bond donors (Lipinski definition) is 0. The van der Waals surface area contributed by atoms with Gasteiger partial charge in [0, 0.05) is 17.6 Å². The van der Waals surface area contributed by atoms with E-state index in [1.165, 1.54) is 11.8 Å². The number of rotatable bonds is 6. The van der Waals surface area contributed by atoms with Crippen LogP contribution in [0.3, 0.4) is 0 Å². The highest BCUT2D eigenvalue weighted by Gasteiger charge is 2.35. The van der Waals surface area contributed by atoms with Crippen molar-refractivity contribution >= 4 is 28.9 Å². The van der Waals surface area contributed by atoms with E-state index in [0.29, 0.717) is 22.2 Å². The topological polar surface area (TPSA) is 60.4 Å². The van der Waals surface area contributed by atoms with E-state index in [0.717, 1.165) is 10.7 Å². The molecule has 1 aromatic carbocycles. The highest BCUT2D eigenvalue weighted by Crippen LogP contribution is 2.42. The maximum absolute atomic E-state index is 12.9. The van der Waals surface area contributed by atoms with E-state index in [9.17, 15) is 4.79 Å². The summed E-state index contributed by atoms with van der Waals surface area (Å²) in [6.45, 7) is 7.95.